The predicted octanol–water partition coefficient (Wildman–Crippen LogP) is 4.32. The molecule has 84 valence electrons. The fraction of sp³-hybridized carbons (Fsp3) is 0.286. The summed E-state index contributed by atoms with van der Waals surface area (Å²) in [5.41, 5.74) is 2.24. The van der Waals surface area contributed by atoms with Crippen LogP contribution < -0.4 is 0 Å². The highest BCUT2D eigenvalue weighted by molar-refractivity contribution is 7.13. The number of benzene rings is 1. The summed E-state index contributed by atoms with van der Waals surface area (Å²) in [5.74, 6) is 0.971. The van der Waals surface area contributed by atoms with Gasteiger partial charge in [-0.05, 0) is 53.1 Å². The van der Waals surface area contributed by atoms with Crippen LogP contribution in [-0.2, 0) is 6.42 Å². The third kappa shape index (κ3) is 2.45. The van der Waals surface area contributed by atoms with Crippen LogP contribution in [0.1, 0.15) is 19.4 Å². The lowest BCUT2D eigenvalue weighted by atomic mass is 9.99. The Balaban J connectivity index is 2.36. The minimum absolute atomic E-state index is 0.411. The van der Waals surface area contributed by atoms with Crippen molar-refractivity contribution in [2.24, 2.45) is 5.92 Å². The normalized spacial score (nSPS) is 10.9. The number of phenolic OH excluding ortho intramolecular Hbond substituents is 1. The molecule has 0 saturated heterocycles. The van der Waals surface area contributed by atoms with Gasteiger partial charge in [0.2, 0.25) is 0 Å². The molecule has 1 aromatic heterocycles. The zero-order chi connectivity index (χ0) is 11.5. The van der Waals surface area contributed by atoms with Crippen molar-refractivity contribution in [3.63, 3.8) is 0 Å². The van der Waals surface area contributed by atoms with Crippen molar-refractivity contribution >= 4 is 11.3 Å². The van der Waals surface area contributed by atoms with Gasteiger partial charge in [0.15, 0.2) is 0 Å². The molecular formula is C14H16OS. The van der Waals surface area contributed by atoms with Gasteiger partial charge in [-0.1, -0.05) is 19.9 Å². The summed E-state index contributed by atoms with van der Waals surface area (Å²) in [6.07, 6.45) is 0.922. The summed E-state index contributed by atoms with van der Waals surface area (Å²) in [6, 6.07) is 10.0. The fourth-order valence-electron chi connectivity index (χ4n) is 1.78. The highest BCUT2D eigenvalue weighted by Gasteiger charge is 2.06. The van der Waals surface area contributed by atoms with Crippen LogP contribution in [0, 0.1) is 5.92 Å². The second kappa shape index (κ2) is 4.71. The van der Waals surface area contributed by atoms with Gasteiger partial charge < -0.3 is 5.11 Å². The molecule has 2 rings (SSSR count). The average molecular weight is 232 g/mol. The van der Waals surface area contributed by atoms with Gasteiger partial charge in [0.1, 0.15) is 5.75 Å². The molecule has 1 nitrogen and oxygen atoms in total. The molecule has 2 aromatic rings. The van der Waals surface area contributed by atoms with E-state index in [1.54, 1.807) is 17.4 Å². The molecule has 0 aliphatic rings. The lowest BCUT2D eigenvalue weighted by molar-refractivity contribution is 0.462. The van der Waals surface area contributed by atoms with Gasteiger partial charge in [0, 0.05) is 4.88 Å². The first kappa shape index (κ1) is 11.2. The van der Waals surface area contributed by atoms with Gasteiger partial charge in [-0.3, -0.25) is 0 Å². The van der Waals surface area contributed by atoms with Gasteiger partial charge in [-0.15, -0.1) is 11.3 Å². The number of hydrogen-bond acceptors (Lipinski definition) is 2. The number of aromatic hydroxyl groups is 1. The highest BCUT2D eigenvalue weighted by atomic mass is 32.1. The average Bonchev–Trinajstić information content (AvgIpc) is 2.73. The summed E-state index contributed by atoms with van der Waals surface area (Å²) in [6.45, 7) is 4.33. The smallest absolute Gasteiger partial charge is 0.118 e. The maximum Gasteiger partial charge on any atom is 0.118 e. The van der Waals surface area contributed by atoms with Gasteiger partial charge >= 0.3 is 0 Å². The van der Waals surface area contributed by atoms with E-state index in [-0.39, 0.29) is 0 Å². The minimum Gasteiger partial charge on any atom is -0.508 e. The Bertz CT molecular complexity index is 458. The summed E-state index contributed by atoms with van der Waals surface area (Å²) < 4.78 is 0. The maximum atomic E-state index is 9.78. The SMILES string of the molecule is CC(C)Cc1cc(-c2cccs2)ccc1O. The molecule has 1 heterocycles. The standard InChI is InChI=1S/C14H16OS/c1-10(2)8-12-9-11(5-6-13(12)15)14-4-3-7-16-14/h3-7,9-10,15H,8H2,1-2H3. The lowest BCUT2D eigenvalue weighted by Gasteiger charge is -2.09. The number of rotatable bonds is 3. The van der Waals surface area contributed by atoms with E-state index < -0.39 is 0 Å². The van der Waals surface area contributed by atoms with Crippen molar-refractivity contribution in [3.05, 3.63) is 41.3 Å². The van der Waals surface area contributed by atoms with Crippen LogP contribution in [0.4, 0.5) is 0 Å². The van der Waals surface area contributed by atoms with Crippen LogP contribution in [0.25, 0.3) is 10.4 Å². The second-order valence-corrected chi connectivity index (χ2v) is 5.37. The lowest BCUT2D eigenvalue weighted by Crippen LogP contribution is -1.94. The van der Waals surface area contributed by atoms with Gasteiger partial charge in [-0.25, -0.2) is 0 Å². The van der Waals surface area contributed by atoms with Crippen molar-refractivity contribution in [3.8, 4) is 16.2 Å². The summed E-state index contributed by atoms with van der Waals surface area (Å²) in [4.78, 5) is 1.25. The van der Waals surface area contributed by atoms with Crippen molar-refractivity contribution in [1.29, 1.82) is 0 Å². The molecule has 16 heavy (non-hydrogen) atoms. The predicted molar refractivity (Wildman–Crippen MR) is 70.0 cm³/mol. The van der Waals surface area contributed by atoms with E-state index in [2.05, 4.69) is 37.4 Å². The van der Waals surface area contributed by atoms with E-state index >= 15 is 0 Å². The Morgan fingerprint density at radius 1 is 1.25 bits per heavy atom. The molecule has 0 atom stereocenters. The summed E-state index contributed by atoms with van der Waals surface area (Å²) in [5, 5.41) is 11.9. The molecule has 0 unspecified atom stereocenters. The third-order valence-electron chi connectivity index (χ3n) is 2.51. The summed E-state index contributed by atoms with van der Waals surface area (Å²) >= 11 is 1.73. The molecule has 0 bridgehead atoms. The quantitative estimate of drug-likeness (QED) is 0.835. The Morgan fingerprint density at radius 2 is 2.06 bits per heavy atom. The van der Waals surface area contributed by atoms with E-state index in [0.717, 1.165) is 12.0 Å². The van der Waals surface area contributed by atoms with Crippen LogP contribution in [0.15, 0.2) is 35.7 Å². The molecule has 1 N–H and O–H groups in total. The van der Waals surface area contributed by atoms with Crippen LogP contribution in [0.3, 0.4) is 0 Å². The Labute approximate surface area is 100 Å². The van der Waals surface area contributed by atoms with E-state index in [1.165, 1.54) is 10.4 Å². The van der Waals surface area contributed by atoms with Crippen molar-refractivity contribution in [1.82, 2.24) is 0 Å². The largest absolute Gasteiger partial charge is 0.508 e. The Morgan fingerprint density at radius 3 is 2.69 bits per heavy atom. The molecule has 1 aromatic carbocycles. The topological polar surface area (TPSA) is 20.2 Å². The van der Waals surface area contributed by atoms with Gasteiger partial charge in [-0.2, -0.15) is 0 Å². The molecule has 0 saturated carbocycles. The van der Waals surface area contributed by atoms with Crippen molar-refractivity contribution in [2.45, 2.75) is 20.3 Å². The van der Waals surface area contributed by atoms with Crippen molar-refractivity contribution < 1.29 is 5.11 Å². The van der Waals surface area contributed by atoms with Crippen LogP contribution in [0.2, 0.25) is 0 Å². The maximum absolute atomic E-state index is 9.78. The van der Waals surface area contributed by atoms with Gasteiger partial charge in [0.05, 0.1) is 0 Å². The minimum atomic E-state index is 0.411. The molecule has 0 aliphatic heterocycles. The van der Waals surface area contributed by atoms with E-state index in [9.17, 15) is 5.11 Å². The Kier molecular flexibility index (Phi) is 3.30. The first-order chi connectivity index (χ1) is 7.66. The Hall–Kier alpha value is -1.28. The fourth-order valence-corrected chi connectivity index (χ4v) is 2.51. The first-order valence-electron chi connectivity index (χ1n) is 5.52. The zero-order valence-electron chi connectivity index (χ0n) is 9.60. The second-order valence-electron chi connectivity index (χ2n) is 4.42. The number of thiophene rings is 1. The van der Waals surface area contributed by atoms with E-state index in [0.29, 0.717) is 11.7 Å². The van der Waals surface area contributed by atoms with E-state index in [1.807, 2.05) is 6.07 Å². The molecule has 0 spiro atoms. The third-order valence-corrected chi connectivity index (χ3v) is 3.43. The highest BCUT2D eigenvalue weighted by Crippen LogP contribution is 2.30. The molecule has 0 radical (unpaired) electrons. The van der Waals surface area contributed by atoms with Crippen LogP contribution in [-0.4, -0.2) is 5.11 Å². The molecule has 2 heteroatoms. The number of phenols is 1. The molecule has 0 amide bonds. The molecule has 0 aliphatic carbocycles. The van der Waals surface area contributed by atoms with Gasteiger partial charge in [0.25, 0.3) is 0 Å². The summed E-state index contributed by atoms with van der Waals surface area (Å²) in [7, 11) is 0. The van der Waals surface area contributed by atoms with Crippen molar-refractivity contribution in [2.75, 3.05) is 0 Å². The molecule has 0 fully saturated rings. The monoisotopic (exact) mass is 232 g/mol. The van der Waals surface area contributed by atoms with Crippen LogP contribution >= 0.6 is 11.3 Å². The number of hydrogen-bond donors (Lipinski definition) is 1. The van der Waals surface area contributed by atoms with Crippen LogP contribution in [0.5, 0.6) is 5.75 Å². The van der Waals surface area contributed by atoms with E-state index in [4.69, 9.17) is 0 Å². The zero-order valence-corrected chi connectivity index (χ0v) is 10.4. The molecular weight excluding hydrogens is 216 g/mol. The first-order valence-corrected chi connectivity index (χ1v) is 6.40.